The van der Waals surface area contributed by atoms with Gasteiger partial charge in [-0.1, -0.05) is 18.2 Å². The highest BCUT2D eigenvalue weighted by atomic mass is 19.4. The first-order valence-electron chi connectivity index (χ1n) is 10.5. The molecule has 0 radical (unpaired) electrons. The normalized spacial score (nSPS) is 17.5. The van der Waals surface area contributed by atoms with Crippen LogP contribution in [0.5, 0.6) is 11.5 Å². The van der Waals surface area contributed by atoms with Crippen molar-refractivity contribution in [2.75, 3.05) is 11.5 Å². The Kier molecular flexibility index (Phi) is 6.46. The number of ketones is 1. The summed E-state index contributed by atoms with van der Waals surface area (Å²) in [6.07, 6.45) is -1.93. The van der Waals surface area contributed by atoms with Gasteiger partial charge in [0, 0.05) is 23.6 Å². The molecule has 4 rings (SSSR count). The van der Waals surface area contributed by atoms with E-state index in [0.29, 0.717) is 17.9 Å². The molecule has 1 saturated heterocycles. The number of aliphatic hydroxyl groups excluding tert-OH is 1. The summed E-state index contributed by atoms with van der Waals surface area (Å²) >= 11 is 0. The van der Waals surface area contributed by atoms with Crippen molar-refractivity contribution in [2.45, 2.75) is 19.3 Å². The van der Waals surface area contributed by atoms with Crippen LogP contribution in [0.4, 0.5) is 18.9 Å². The lowest BCUT2D eigenvalue weighted by Gasteiger charge is -2.25. The summed E-state index contributed by atoms with van der Waals surface area (Å²) in [5, 5.41) is 11.1. The molecular weight excluding hydrogens is 465 g/mol. The van der Waals surface area contributed by atoms with Gasteiger partial charge in [0.25, 0.3) is 11.7 Å². The number of ether oxygens (including phenoxy) is 2. The largest absolute Gasteiger partial charge is 0.573 e. The van der Waals surface area contributed by atoms with E-state index in [2.05, 4.69) is 9.72 Å². The highest BCUT2D eigenvalue weighted by molar-refractivity contribution is 6.51. The number of benzene rings is 2. The van der Waals surface area contributed by atoms with Gasteiger partial charge in [-0.25, -0.2) is 0 Å². The number of hydrogen-bond acceptors (Lipinski definition) is 6. The number of nitrogens with zero attached hydrogens (tertiary/aromatic N) is 2. The second kappa shape index (κ2) is 9.49. The number of carbonyl (C=O) groups is 2. The topological polar surface area (TPSA) is 89.0 Å². The molecule has 1 unspecified atom stereocenters. The maximum absolute atomic E-state index is 13.1. The summed E-state index contributed by atoms with van der Waals surface area (Å²) in [6, 6.07) is 13.1. The number of anilines is 1. The van der Waals surface area contributed by atoms with Gasteiger partial charge in [0.1, 0.15) is 17.3 Å². The van der Waals surface area contributed by atoms with Crippen LogP contribution in [0.15, 0.2) is 78.6 Å². The fourth-order valence-electron chi connectivity index (χ4n) is 3.82. The monoisotopic (exact) mass is 484 g/mol. The molecule has 180 valence electrons. The third-order valence-corrected chi connectivity index (χ3v) is 5.21. The smallest absolute Gasteiger partial charge is 0.507 e. The van der Waals surface area contributed by atoms with E-state index >= 15 is 0 Å². The molecule has 1 aliphatic rings. The number of carbonyl (C=O) groups excluding carboxylic acids is 2. The van der Waals surface area contributed by atoms with Gasteiger partial charge in [-0.3, -0.25) is 19.5 Å². The lowest BCUT2D eigenvalue weighted by molar-refractivity contribution is -0.274. The number of rotatable bonds is 6. The lowest BCUT2D eigenvalue weighted by atomic mass is 9.96. The molecule has 0 aliphatic carbocycles. The summed E-state index contributed by atoms with van der Waals surface area (Å²) < 4.78 is 47.0. The van der Waals surface area contributed by atoms with Gasteiger partial charge in [0.05, 0.1) is 18.2 Å². The van der Waals surface area contributed by atoms with Gasteiger partial charge in [-0.15, -0.1) is 13.2 Å². The van der Waals surface area contributed by atoms with Gasteiger partial charge in [-0.05, 0) is 55.0 Å². The van der Waals surface area contributed by atoms with Crippen LogP contribution < -0.4 is 14.4 Å². The first-order chi connectivity index (χ1) is 16.7. The lowest BCUT2D eigenvalue weighted by Crippen LogP contribution is -2.29. The maximum Gasteiger partial charge on any atom is 0.573 e. The van der Waals surface area contributed by atoms with E-state index in [1.165, 1.54) is 30.6 Å². The van der Waals surface area contributed by atoms with Crippen molar-refractivity contribution in [3.05, 3.63) is 89.8 Å². The third kappa shape index (κ3) is 4.96. The predicted octanol–water partition coefficient (Wildman–Crippen LogP) is 5.01. The van der Waals surface area contributed by atoms with Crippen molar-refractivity contribution in [2.24, 2.45) is 0 Å². The third-order valence-electron chi connectivity index (χ3n) is 5.21. The van der Waals surface area contributed by atoms with Crippen molar-refractivity contribution in [1.29, 1.82) is 0 Å². The Bertz CT molecular complexity index is 1270. The van der Waals surface area contributed by atoms with Crippen LogP contribution in [0.25, 0.3) is 5.76 Å². The minimum atomic E-state index is -4.88. The van der Waals surface area contributed by atoms with Crippen LogP contribution in [0.1, 0.15) is 24.1 Å². The first kappa shape index (κ1) is 23.8. The molecule has 7 nitrogen and oxygen atoms in total. The van der Waals surface area contributed by atoms with Crippen molar-refractivity contribution >= 4 is 23.1 Å². The molecule has 0 bridgehead atoms. The predicted molar refractivity (Wildman–Crippen MR) is 120 cm³/mol. The van der Waals surface area contributed by atoms with Crippen molar-refractivity contribution in [3.8, 4) is 11.5 Å². The molecule has 1 aliphatic heterocycles. The van der Waals surface area contributed by atoms with Crippen molar-refractivity contribution < 1.29 is 37.3 Å². The maximum atomic E-state index is 13.1. The highest BCUT2D eigenvalue weighted by Gasteiger charge is 2.47. The fraction of sp³-hybridized carbons (Fsp3) is 0.160. The summed E-state index contributed by atoms with van der Waals surface area (Å²) in [4.78, 5) is 31.4. The average molecular weight is 484 g/mol. The average Bonchev–Trinajstić information content (AvgIpc) is 3.09. The van der Waals surface area contributed by atoms with Gasteiger partial charge in [0.15, 0.2) is 0 Å². The van der Waals surface area contributed by atoms with E-state index in [9.17, 15) is 27.9 Å². The summed E-state index contributed by atoms with van der Waals surface area (Å²) in [5.74, 6) is -2.34. The second-order valence-electron chi connectivity index (χ2n) is 7.46. The first-order valence-corrected chi connectivity index (χ1v) is 10.5. The van der Waals surface area contributed by atoms with Gasteiger partial charge >= 0.3 is 6.36 Å². The number of pyridine rings is 1. The molecule has 35 heavy (non-hydrogen) atoms. The molecule has 0 spiro atoms. The van der Waals surface area contributed by atoms with Crippen LogP contribution in [-0.4, -0.2) is 34.8 Å². The number of alkyl halides is 3. The molecule has 1 amide bonds. The van der Waals surface area contributed by atoms with E-state index in [1.807, 2.05) is 0 Å². The van der Waals surface area contributed by atoms with Crippen molar-refractivity contribution in [3.63, 3.8) is 0 Å². The van der Waals surface area contributed by atoms with Gasteiger partial charge in [-0.2, -0.15) is 0 Å². The van der Waals surface area contributed by atoms with E-state index < -0.39 is 35.6 Å². The standard InChI is InChI=1S/C25H19F3N2O5/c1-2-34-19-7-3-5-15(13-19)22(31)20-21(16-6-4-12-29-14-16)30(24(33)23(20)32)17-8-10-18(11-9-17)35-25(26,27)28/h3-14,21,31H,2H2,1H3/b22-20-. The van der Waals surface area contributed by atoms with Crippen LogP contribution in [0, 0.1) is 0 Å². The highest BCUT2D eigenvalue weighted by Crippen LogP contribution is 2.42. The van der Waals surface area contributed by atoms with Crippen LogP contribution in [0.2, 0.25) is 0 Å². The Morgan fingerprint density at radius 1 is 1.06 bits per heavy atom. The zero-order valence-corrected chi connectivity index (χ0v) is 18.3. The molecule has 0 saturated carbocycles. The molecule has 1 fully saturated rings. The number of aromatic nitrogens is 1. The number of Topliss-reactive ketones (excluding diaryl/α,β-unsaturated/α-hetero) is 1. The Morgan fingerprint density at radius 3 is 2.43 bits per heavy atom. The van der Waals surface area contributed by atoms with Crippen LogP contribution in [-0.2, 0) is 9.59 Å². The SMILES string of the molecule is CCOc1cccc(/C(O)=C2/C(=O)C(=O)N(c3ccc(OC(F)(F)F)cc3)C2c2cccnc2)c1. The Morgan fingerprint density at radius 2 is 1.80 bits per heavy atom. The molecule has 1 aromatic heterocycles. The van der Waals surface area contributed by atoms with Crippen molar-refractivity contribution in [1.82, 2.24) is 4.98 Å². The quantitative estimate of drug-likeness (QED) is 0.301. The molecule has 1 N–H and O–H groups in total. The molecule has 3 aromatic rings. The minimum absolute atomic E-state index is 0.137. The van der Waals surface area contributed by atoms with Crippen LogP contribution >= 0.6 is 0 Å². The molecule has 1 atom stereocenters. The number of amides is 1. The van der Waals surface area contributed by atoms with Gasteiger partial charge in [0.2, 0.25) is 0 Å². The van der Waals surface area contributed by atoms with E-state index in [0.717, 1.165) is 17.0 Å². The zero-order valence-electron chi connectivity index (χ0n) is 18.3. The summed E-state index contributed by atoms with van der Waals surface area (Å²) in [6.45, 7) is 2.18. The van der Waals surface area contributed by atoms with E-state index in [1.54, 1.807) is 37.3 Å². The summed E-state index contributed by atoms with van der Waals surface area (Å²) in [5.41, 5.74) is 0.631. The molecule has 2 heterocycles. The molecule has 2 aromatic carbocycles. The minimum Gasteiger partial charge on any atom is -0.507 e. The summed E-state index contributed by atoms with van der Waals surface area (Å²) in [7, 11) is 0. The zero-order chi connectivity index (χ0) is 25.2. The van der Waals surface area contributed by atoms with E-state index in [4.69, 9.17) is 4.74 Å². The molecular formula is C25H19F3N2O5. The second-order valence-corrected chi connectivity index (χ2v) is 7.46. The Balaban J connectivity index is 1.83. The van der Waals surface area contributed by atoms with E-state index in [-0.39, 0.29) is 16.8 Å². The Labute approximate surface area is 198 Å². The Hall–Kier alpha value is -4.34. The number of hydrogen-bond donors (Lipinski definition) is 1. The number of aliphatic hydroxyl groups is 1. The molecule has 10 heteroatoms. The van der Waals surface area contributed by atoms with Gasteiger partial charge < -0.3 is 14.6 Å². The number of halogens is 3. The fourth-order valence-corrected chi connectivity index (χ4v) is 3.82. The van der Waals surface area contributed by atoms with Crippen LogP contribution in [0.3, 0.4) is 0 Å².